The maximum Gasteiger partial charge on any atom is 0.265 e. The Morgan fingerprint density at radius 3 is 2.65 bits per heavy atom. The molecule has 0 bridgehead atoms. The molecule has 23 heavy (non-hydrogen) atoms. The molecule has 2 heterocycles. The molecule has 0 aliphatic heterocycles. The minimum Gasteiger partial charge on any atom is -0.339 e. The molecule has 0 spiro atoms. The highest BCUT2D eigenvalue weighted by atomic mass is 35.5. The van der Waals surface area contributed by atoms with Gasteiger partial charge in [-0.25, -0.2) is 4.98 Å². The van der Waals surface area contributed by atoms with Gasteiger partial charge >= 0.3 is 0 Å². The van der Waals surface area contributed by atoms with Gasteiger partial charge in [0.05, 0.1) is 32.5 Å². The lowest BCUT2D eigenvalue weighted by Gasteiger charge is -2.09. The zero-order valence-corrected chi connectivity index (χ0v) is 14.0. The number of carbonyl (C=O) groups is 1. The van der Waals surface area contributed by atoms with E-state index >= 15 is 0 Å². The van der Waals surface area contributed by atoms with Crippen LogP contribution in [0.2, 0.25) is 10.0 Å². The van der Waals surface area contributed by atoms with Crippen LogP contribution in [0.3, 0.4) is 0 Å². The predicted molar refractivity (Wildman–Crippen MR) is 96.3 cm³/mol. The summed E-state index contributed by atoms with van der Waals surface area (Å²) in [4.78, 5) is 16.9. The van der Waals surface area contributed by atoms with Crippen molar-refractivity contribution in [3.63, 3.8) is 0 Å². The van der Waals surface area contributed by atoms with E-state index in [1.807, 2.05) is 17.5 Å². The lowest BCUT2D eigenvalue weighted by atomic mass is 10.3. The molecule has 2 N–H and O–H groups in total. The van der Waals surface area contributed by atoms with E-state index in [4.69, 9.17) is 23.2 Å². The molecule has 1 aromatic carbocycles. The molecule has 0 aliphatic rings. The average molecular weight is 364 g/mol. The van der Waals surface area contributed by atoms with Crippen LogP contribution in [0, 0.1) is 0 Å². The number of thiophene rings is 1. The molecule has 3 rings (SSSR count). The van der Waals surface area contributed by atoms with Crippen molar-refractivity contribution in [2.24, 2.45) is 0 Å². The third-order valence-corrected chi connectivity index (χ3v) is 4.67. The number of benzene rings is 1. The molecular weight excluding hydrogens is 353 g/mol. The summed E-state index contributed by atoms with van der Waals surface area (Å²) in [6.07, 6.45) is 1.58. The van der Waals surface area contributed by atoms with E-state index in [1.54, 1.807) is 36.5 Å². The van der Waals surface area contributed by atoms with Gasteiger partial charge in [-0.1, -0.05) is 35.3 Å². The largest absolute Gasteiger partial charge is 0.339 e. The Bertz CT molecular complexity index is 820. The van der Waals surface area contributed by atoms with E-state index in [1.165, 1.54) is 11.3 Å². The van der Waals surface area contributed by atoms with Crippen molar-refractivity contribution < 1.29 is 4.79 Å². The SMILES string of the molecule is O=C(Nc1ccc(Nc2cccc(Cl)c2Cl)nc1)c1cccs1. The molecule has 4 nitrogen and oxygen atoms in total. The highest BCUT2D eigenvalue weighted by Gasteiger charge is 2.08. The summed E-state index contributed by atoms with van der Waals surface area (Å²) in [5.41, 5.74) is 1.29. The Morgan fingerprint density at radius 1 is 1.09 bits per heavy atom. The number of amides is 1. The summed E-state index contributed by atoms with van der Waals surface area (Å²) in [5, 5.41) is 8.63. The Balaban J connectivity index is 1.70. The molecule has 0 saturated carbocycles. The fraction of sp³-hybridized carbons (Fsp3) is 0. The third kappa shape index (κ3) is 3.82. The minimum absolute atomic E-state index is 0.152. The smallest absolute Gasteiger partial charge is 0.265 e. The van der Waals surface area contributed by atoms with E-state index < -0.39 is 0 Å². The molecule has 0 aliphatic carbocycles. The van der Waals surface area contributed by atoms with Crippen LogP contribution in [0.25, 0.3) is 0 Å². The Morgan fingerprint density at radius 2 is 1.96 bits per heavy atom. The number of nitrogens with one attached hydrogen (secondary N) is 2. The van der Waals surface area contributed by atoms with Crippen LogP contribution in [0.5, 0.6) is 0 Å². The normalized spacial score (nSPS) is 10.3. The van der Waals surface area contributed by atoms with Crippen molar-refractivity contribution in [1.29, 1.82) is 0 Å². The fourth-order valence-corrected chi connectivity index (χ4v) is 2.85. The van der Waals surface area contributed by atoms with Crippen LogP contribution in [0.4, 0.5) is 17.2 Å². The molecule has 2 aromatic heterocycles. The monoisotopic (exact) mass is 363 g/mol. The van der Waals surface area contributed by atoms with Gasteiger partial charge in [-0.05, 0) is 35.7 Å². The lowest BCUT2D eigenvalue weighted by Crippen LogP contribution is -2.10. The Hall–Kier alpha value is -2.08. The van der Waals surface area contributed by atoms with Crippen LogP contribution < -0.4 is 10.6 Å². The van der Waals surface area contributed by atoms with Gasteiger partial charge in [-0.3, -0.25) is 4.79 Å². The standard InChI is InChI=1S/C16H11Cl2N3OS/c17-11-3-1-4-12(15(11)18)21-14-7-6-10(9-19-14)20-16(22)13-5-2-8-23-13/h1-9H,(H,19,21)(H,20,22). The fourth-order valence-electron chi connectivity index (χ4n) is 1.88. The molecule has 0 fully saturated rings. The van der Waals surface area contributed by atoms with Gasteiger partial charge in [0.25, 0.3) is 5.91 Å². The van der Waals surface area contributed by atoms with Crippen LogP contribution >= 0.6 is 34.5 Å². The molecule has 3 aromatic rings. The van der Waals surface area contributed by atoms with Gasteiger partial charge in [-0.2, -0.15) is 0 Å². The van der Waals surface area contributed by atoms with E-state index in [-0.39, 0.29) is 5.91 Å². The van der Waals surface area contributed by atoms with Crippen LogP contribution in [0.1, 0.15) is 9.67 Å². The van der Waals surface area contributed by atoms with Crippen molar-refractivity contribution in [2.45, 2.75) is 0 Å². The van der Waals surface area contributed by atoms with Crippen molar-refractivity contribution in [3.05, 3.63) is 69.0 Å². The van der Waals surface area contributed by atoms with Crippen LogP contribution in [-0.4, -0.2) is 10.9 Å². The minimum atomic E-state index is -0.152. The number of nitrogens with zero attached hydrogens (tertiary/aromatic N) is 1. The first-order valence-corrected chi connectivity index (χ1v) is 8.29. The maximum atomic E-state index is 12.0. The van der Waals surface area contributed by atoms with Gasteiger partial charge < -0.3 is 10.6 Å². The molecule has 1 amide bonds. The van der Waals surface area contributed by atoms with Gasteiger partial charge in [0.15, 0.2) is 0 Å². The number of anilines is 3. The highest BCUT2D eigenvalue weighted by Crippen LogP contribution is 2.31. The molecule has 0 radical (unpaired) electrons. The second-order valence-corrected chi connectivity index (χ2v) is 6.32. The second kappa shape index (κ2) is 7.00. The van der Waals surface area contributed by atoms with E-state index in [2.05, 4.69) is 15.6 Å². The molecular formula is C16H11Cl2N3OS. The molecule has 0 saturated heterocycles. The number of hydrogen-bond acceptors (Lipinski definition) is 4. The zero-order chi connectivity index (χ0) is 16.2. The second-order valence-electron chi connectivity index (χ2n) is 4.59. The Labute approximate surface area is 147 Å². The van der Waals surface area contributed by atoms with Gasteiger partial charge in [0, 0.05) is 0 Å². The van der Waals surface area contributed by atoms with Crippen molar-refractivity contribution in [1.82, 2.24) is 4.98 Å². The van der Waals surface area contributed by atoms with Crippen molar-refractivity contribution in [3.8, 4) is 0 Å². The van der Waals surface area contributed by atoms with Crippen LogP contribution in [0.15, 0.2) is 54.0 Å². The highest BCUT2D eigenvalue weighted by molar-refractivity contribution is 7.12. The molecule has 116 valence electrons. The average Bonchev–Trinajstić information content (AvgIpc) is 3.08. The number of hydrogen-bond donors (Lipinski definition) is 2. The number of rotatable bonds is 4. The summed E-state index contributed by atoms with van der Waals surface area (Å²) in [6.45, 7) is 0. The number of aromatic nitrogens is 1. The summed E-state index contributed by atoms with van der Waals surface area (Å²) >= 11 is 13.5. The van der Waals surface area contributed by atoms with Crippen LogP contribution in [-0.2, 0) is 0 Å². The molecule has 0 atom stereocenters. The van der Waals surface area contributed by atoms with Gasteiger partial charge in [0.1, 0.15) is 5.82 Å². The van der Waals surface area contributed by atoms with Crippen molar-refractivity contribution in [2.75, 3.05) is 10.6 Å². The zero-order valence-electron chi connectivity index (χ0n) is 11.7. The molecule has 0 unspecified atom stereocenters. The number of pyridine rings is 1. The summed E-state index contributed by atoms with van der Waals surface area (Å²) in [7, 11) is 0. The quantitative estimate of drug-likeness (QED) is 0.648. The topological polar surface area (TPSA) is 54.0 Å². The predicted octanol–water partition coefficient (Wildman–Crippen LogP) is 5.45. The third-order valence-electron chi connectivity index (χ3n) is 2.98. The van der Waals surface area contributed by atoms with Gasteiger partial charge in [0.2, 0.25) is 0 Å². The summed E-state index contributed by atoms with van der Waals surface area (Å²) in [6, 6.07) is 12.4. The van der Waals surface area contributed by atoms with E-state index in [9.17, 15) is 4.79 Å². The number of halogens is 2. The van der Waals surface area contributed by atoms with Crippen molar-refractivity contribution >= 4 is 57.6 Å². The van der Waals surface area contributed by atoms with E-state index in [0.29, 0.717) is 32.1 Å². The first-order valence-electron chi connectivity index (χ1n) is 6.65. The van der Waals surface area contributed by atoms with E-state index in [0.717, 1.165) is 0 Å². The maximum absolute atomic E-state index is 12.0. The van der Waals surface area contributed by atoms with Gasteiger partial charge in [-0.15, -0.1) is 11.3 Å². The Kier molecular flexibility index (Phi) is 4.81. The number of carbonyl (C=O) groups excluding carboxylic acids is 1. The first kappa shape index (κ1) is 15.8. The summed E-state index contributed by atoms with van der Waals surface area (Å²) < 4.78 is 0. The molecule has 7 heteroatoms. The lowest BCUT2D eigenvalue weighted by molar-refractivity contribution is 0.103. The summed E-state index contributed by atoms with van der Waals surface area (Å²) in [5.74, 6) is 0.448. The first-order chi connectivity index (χ1) is 11.1.